The predicted molar refractivity (Wildman–Crippen MR) is 96.7 cm³/mol. The van der Waals surface area contributed by atoms with Crippen LogP contribution in [0.4, 0.5) is 0 Å². The topological polar surface area (TPSA) is 118 Å². The van der Waals surface area contributed by atoms with Crippen molar-refractivity contribution in [1.29, 1.82) is 0 Å². The molecule has 0 aromatic carbocycles. The summed E-state index contributed by atoms with van der Waals surface area (Å²) in [5, 5.41) is 37.1. The number of rotatable bonds is 2. The van der Waals surface area contributed by atoms with Crippen molar-refractivity contribution in [2.24, 2.45) is 0 Å². The third kappa shape index (κ3) is 6.68. The zero-order chi connectivity index (χ0) is 19.3. The van der Waals surface area contributed by atoms with Gasteiger partial charge in [-0.1, -0.05) is 7.43 Å². The second kappa shape index (κ2) is 11.5. The van der Waals surface area contributed by atoms with E-state index in [-0.39, 0.29) is 110 Å². The Morgan fingerprint density at radius 2 is 1.03 bits per heavy atom. The zero-order valence-corrected chi connectivity index (χ0v) is 22.3. The largest absolute Gasteiger partial charge is 0.392 e. The zero-order valence-electron chi connectivity index (χ0n) is 16.6. The van der Waals surface area contributed by atoms with Crippen LogP contribution in [0, 0.1) is 0 Å². The van der Waals surface area contributed by atoms with E-state index in [2.05, 4.69) is 0 Å². The fraction of sp³-hybridized carbons (Fsp3) is 0.789. The van der Waals surface area contributed by atoms with Crippen LogP contribution in [0.3, 0.4) is 0 Å². The smallest absolute Gasteiger partial charge is 0.164 e. The molecule has 8 nitrogen and oxygen atoms in total. The fourth-order valence-corrected chi connectivity index (χ4v) is 3.75. The van der Waals surface area contributed by atoms with Gasteiger partial charge in [0.1, 0.15) is 36.6 Å². The molecule has 0 spiro atoms. The van der Waals surface area contributed by atoms with Crippen LogP contribution >= 0.6 is 0 Å². The van der Waals surface area contributed by atoms with Gasteiger partial charge in [-0.2, -0.15) is 0 Å². The van der Waals surface area contributed by atoms with Crippen molar-refractivity contribution in [3.8, 4) is 0 Å². The van der Waals surface area contributed by atoms with Crippen LogP contribution in [-0.4, -0.2) is 81.8 Å². The van der Waals surface area contributed by atoms with E-state index in [9.17, 15) is 10.2 Å². The van der Waals surface area contributed by atoms with Gasteiger partial charge in [-0.05, 0) is 51.0 Å². The Kier molecular flexibility index (Phi) is 12.0. The first-order valence-corrected chi connectivity index (χ1v) is 8.77. The summed E-state index contributed by atoms with van der Waals surface area (Å²) < 4.78 is 22.0. The molecule has 0 saturated carbocycles. The first-order chi connectivity index (χ1) is 12.1. The minimum absolute atomic E-state index is 0. The SMILES string of the molecule is C.CC1(C)OC2[C@@H](O)C=C(CO)[C@@H]2O1.CC1(C)OC2[C@H](O)C=C(CO)[C@H]2O1.[Y].[Y]. The van der Waals surface area contributed by atoms with E-state index in [1.54, 1.807) is 39.8 Å². The molecule has 2 heterocycles. The Labute approximate surface area is 222 Å². The van der Waals surface area contributed by atoms with Gasteiger partial charge in [0, 0.05) is 65.4 Å². The van der Waals surface area contributed by atoms with Crippen molar-refractivity contribution in [3.05, 3.63) is 23.3 Å². The first-order valence-electron chi connectivity index (χ1n) is 8.77. The van der Waals surface area contributed by atoms with Gasteiger partial charge >= 0.3 is 0 Å². The van der Waals surface area contributed by atoms with E-state index < -0.39 is 23.8 Å². The first kappa shape index (κ1) is 30.4. The van der Waals surface area contributed by atoms with E-state index in [1.165, 1.54) is 0 Å². The molecule has 2 radical (unpaired) electrons. The van der Waals surface area contributed by atoms with E-state index in [0.717, 1.165) is 0 Å². The number of fused-ring (bicyclic) bond motifs is 2. The summed E-state index contributed by atoms with van der Waals surface area (Å²) >= 11 is 0. The molecule has 2 fully saturated rings. The van der Waals surface area contributed by atoms with Crippen LogP contribution in [0.2, 0.25) is 0 Å². The Bertz CT molecular complexity index is 555. The Morgan fingerprint density at radius 3 is 1.31 bits per heavy atom. The van der Waals surface area contributed by atoms with Crippen LogP contribution < -0.4 is 0 Å². The van der Waals surface area contributed by atoms with Crippen LogP contribution in [0.25, 0.3) is 0 Å². The van der Waals surface area contributed by atoms with Gasteiger partial charge in [-0.3, -0.25) is 0 Å². The molecule has 0 aromatic heterocycles. The molecule has 0 aromatic rings. The molecule has 2 unspecified atom stereocenters. The van der Waals surface area contributed by atoms with Crippen molar-refractivity contribution >= 4 is 0 Å². The number of hydrogen-bond acceptors (Lipinski definition) is 8. The van der Waals surface area contributed by atoms with Crippen LogP contribution in [0.1, 0.15) is 35.1 Å². The Hall–Kier alpha value is 1.37. The normalized spacial score (nSPS) is 37.5. The van der Waals surface area contributed by atoms with Crippen molar-refractivity contribution < 1.29 is 105 Å². The second-order valence-electron chi connectivity index (χ2n) is 7.82. The summed E-state index contributed by atoms with van der Waals surface area (Å²) in [6, 6.07) is 0. The molecule has 162 valence electrons. The summed E-state index contributed by atoms with van der Waals surface area (Å²) in [6.07, 6.45) is 0.622. The van der Waals surface area contributed by atoms with Gasteiger partial charge in [0.05, 0.1) is 13.2 Å². The number of aliphatic hydroxyl groups excluding tert-OH is 4. The molecule has 2 aliphatic heterocycles. The van der Waals surface area contributed by atoms with Crippen LogP contribution in [-0.2, 0) is 84.4 Å². The third-order valence-electron chi connectivity index (χ3n) is 4.80. The molecule has 6 atom stereocenters. The van der Waals surface area contributed by atoms with Gasteiger partial charge in [-0.25, -0.2) is 0 Å². The van der Waals surface area contributed by atoms with E-state index in [0.29, 0.717) is 11.1 Å². The predicted octanol–water partition coefficient (Wildman–Crippen LogP) is 0.231. The number of aliphatic hydroxyl groups is 4. The molecule has 0 amide bonds. The maximum Gasteiger partial charge on any atom is 0.164 e. The molecule has 0 bridgehead atoms. The van der Waals surface area contributed by atoms with Crippen molar-refractivity contribution in [1.82, 2.24) is 0 Å². The average Bonchev–Trinajstić information content (AvgIpc) is 3.21. The van der Waals surface area contributed by atoms with Crippen molar-refractivity contribution in [3.63, 3.8) is 0 Å². The van der Waals surface area contributed by atoms with E-state index in [4.69, 9.17) is 29.2 Å². The number of ether oxygens (including phenoxy) is 4. The maximum atomic E-state index is 9.54. The summed E-state index contributed by atoms with van der Waals surface area (Å²) in [5.74, 6) is -1.32. The summed E-state index contributed by atoms with van der Waals surface area (Å²) in [7, 11) is 0. The van der Waals surface area contributed by atoms with Crippen molar-refractivity contribution in [2.75, 3.05) is 13.2 Å². The maximum absolute atomic E-state index is 9.54. The second-order valence-corrected chi connectivity index (χ2v) is 7.82. The molecule has 10 heteroatoms. The van der Waals surface area contributed by atoms with Gasteiger partial charge < -0.3 is 39.4 Å². The quantitative estimate of drug-likeness (QED) is 0.352. The van der Waals surface area contributed by atoms with Crippen LogP contribution in [0.5, 0.6) is 0 Å². The van der Waals surface area contributed by atoms with Gasteiger partial charge in [0.15, 0.2) is 11.6 Å². The molecule has 2 saturated heterocycles. The van der Waals surface area contributed by atoms with Gasteiger partial charge in [0.2, 0.25) is 0 Å². The van der Waals surface area contributed by atoms with Crippen LogP contribution in [0.15, 0.2) is 23.3 Å². The minimum atomic E-state index is -0.662. The Morgan fingerprint density at radius 1 is 0.724 bits per heavy atom. The van der Waals surface area contributed by atoms with E-state index >= 15 is 0 Å². The Balaban J connectivity index is 0.000000490. The summed E-state index contributed by atoms with van der Waals surface area (Å²) in [5.41, 5.74) is 1.42. The number of hydrogen-bond donors (Lipinski definition) is 4. The third-order valence-corrected chi connectivity index (χ3v) is 4.80. The molecule has 29 heavy (non-hydrogen) atoms. The van der Waals surface area contributed by atoms with Gasteiger partial charge in [-0.15, -0.1) is 0 Å². The minimum Gasteiger partial charge on any atom is -0.392 e. The van der Waals surface area contributed by atoms with E-state index in [1.807, 2.05) is 0 Å². The molecule has 4 aliphatic rings. The molecule has 4 rings (SSSR count). The molecular weight excluding hydrogens is 534 g/mol. The molecule has 4 N–H and O–H groups in total. The average molecular weight is 566 g/mol. The molecular formula is C19H32O8Y2. The standard InChI is InChI=1S/2C9H14O4.CH4.2Y/c2*1-9(2)12-7-5(4-10)3-6(11)8(7)13-9;;;/h2*3,6-8,10-11H,4H2,1-2H3;1H4;;/t2*6-,7-,8?;;;/m10.../s1. The summed E-state index contributed by atoms with van der Waals surface area (Å²) in [4.78, 5) is 0. The molecule has 2 aliphatic carbocycles. The fourth-order valence-electron chi connectivity index (χ4n) is 3.75. The van der Waals surface area contributed by atoms with Gasteiger partial charge in [0.25, 0.3) is 0 Å². The van der Waals surface area contributed by atoms with Crippen molar-refractivity contribution in [2.45, 2.75) is 83.3 Å². The summed E-state index contributed by atoms with van der Waals surface area (Å²) in [6.45, 7) is 7.02. The monoisotopic (exact) mass is 566 g/mol.